The van der Waals surface area contributed by atoms with Crippen LogP contribution in [0.2, 0.25) is 0 Å². The molecule has 3 heteroatoms. The molecule has 0 saturated heterocycles. The molecule has 3 nitrogen and oxygen atoms in total. The van der Waals surface area contributed by atoms with E-state index in [1.807, 2.05) is 0 Å². The lowest BCUT2D eigenvalue weighted by molar-refractivity contribution is -0.107. The number of phenols is 1. The summed E-state index contributed by atoms with van der Waals surface area (Å²) in [6.07, 6.45) is 0.926. The first-order valence-electron chi connectivity index (χ1n) is 3.75. The zero-order chi connectivity index (χ0) is 9.68. The molecule has 0 atom stereocenters. The van der Waals surface area contributed by atoms with E-state index in [0.29, 0.717) is 11.3 Å². The molecule has 3 N–H and O–H groups in total. The number of carbonyl (C=O) groups is 1. The van der Waals surface area contributed by atoms with E-state index in [0.717, 1.165) is 6.29 Å². The largest absolute Gasteiger partial charge is 0.506 e. The average Bonchev–Trinajstić information content (AvgIpc) is 2.12. The lowest BCUT2D eigenvalue weighted by Gasteiger charge is -1.97. The van der Waals surface area contributed by atoms with Gasteiger partial charge in [0.1, 0.15) is 12.0 Å². The number of rotatable bonds is 1. The van der Waals surface area contributed by atoms with Crippen molar-refractivity contribution in [2.45, 2.75) is 6.42 Å². The molecule has 0 aliphatic carbocycles. The lowest BCUT2D eigenvalue weighted by Crippen LogP contribution is -1.85. The van der Waals surface area contributed by atoms with E-state index >= 15 is 0 Å². The molecule has 66 valence electrons. The smallest absolute Gasteiger partial charge is 0.139 e. The van der Waals surface area contributed by atoms with Gasteiger partial charge in [-0.1, -0.05) is 11.8 Å². The Kier molecular flexibility index (Phi) is 2.93. The van der Waals surface area contributed by atoms with E-state index in [-0.39, 0.29) is 12.2 Å². The molecule has 0 aliphatic rings. The topological polar surface area (TPSA) is 63.3 Å². The molecule has 0 amide bonds. The van der Waals surface area contributed by atoms with Crippen molar-refractivity contribution < 1.29 is 9.90 Å². The molecule has 0 spiro atoms. The third kappa shape index (κ3) is 2.53. The van der Waals surface area contributed by atoms with Gasteiger partial charge >= 0.3 is 0 Å². The number of aromatic hydroxyl groups is 1. The van der Waals surface area contributed by atoms with E-state index in [2.05, 4.69) is 11.8 Å². The summed E-state index contributed by atoms with van der Waals surface area (Å²) < 4.78 is 0. The van der Waals surface area contributed by atoms with E-state index in [1.54, 1.807) is 12.1 Å². The zero-order valence-corrected chi connectivity index (χ0v) is 6.95. The maximum atomic E-state index is 9.94. The van der Waals surface area contributed by atoms with Crippen LogP contribution in [0.25, 0.3) is 0 Å². The van der Waals surface area contributed by atoms with Crippen LogP contribution in [0.1, 0.15) is 12.0 Å². The van der Waals surface area contributed by atoms with Gasteiger partial charge in [0.05, 0.1) is 12.1 Å². The lowest BCUT2D eigenvalue weighted by atomic mass is 10.2. The Labute approximate surface area is 76.2 Å². The van der Waals surface area contributed by atoms with Crippen LogP contribution in [0, 0.1) is 11.8 Å². The molecule has 1 rings (SSSR count). The first kappa shape index (κ1) is 9.14. The highest BCUT2D eigenvalue weighted by Crippen LogP contribution is 2.19. The van der Waals surface area contributed by atoms with Crippen molar-refractivity contribution >= 4 is 12.0 Å². The van der Waals surface area contributed by atoms with Gasteiger partial charge in [0.2, 0.25) is 0 Å². The van der Waals surface area contributed by atoms with Gasteiger partial charge in [-0.3, -0.25) is 0 Å². The molecule has 0 saturated carbocycles. The Balaban J connectivity index is 2.87. The number of anilines is 1. The molecule has 1 aromatic rings. The molecule has 13 heavy (non-hydrogen) atoms. The maximum Gasteiger partial charge on any atom is 0.139 e. The van der Waals surface area contributed by atoms with Crippen LogP contribution >= 0.6 is 0 Å². The highest BCUT2D eigenvalue weighted by Gasteiger charge is 1.95. The van der Waals surface area contributed by atoms with E-state index in [9.17, 15) is 9.90 Å². The van der Waals surface area contributed by atoms with Gasteiger partial charge in [0, 0.05) is 5.56 Å². The average molecular weight is 175 g/mol. The van der Waals surface area contributed by atoms with Gasteiger partial charge in [-0.15, -0.1) is 0 Å². The Bertz CT molecular complexity index is 374. The van der Waals surface area contributed by atoms with Gasteiger partial charge in [-0.25, -0.2) is 0 Å². The van der Waals surface area contributed by atoms with Crippen molar-refractivity contribution in [3.63, 3.8) is 0 Å². The second kappa shape index (κ2) is 4.17. The summed E-state index contributed by atoms with van der Waals surface area (Å²) in [4.78, 5) is 9.94. The quantitative estimate of drug-likeness (QED) is 0.288. The summed E-state index contributed by atoms with van der Waals surface area (Å²) in [6.45, 7) is 0. The second-order valence-electron chi connectivity index (χ2n) is 2.45. The van der Waals surface area contributed by atoms with Gasteiger partial charge in [0.25, 0.3) is 0 Å². The number of benzene rings is 1. The predicted octanol–water partition coefficient (Wildman–Crippen LogP) is 0.915. The van der Waals surface area contributed by atoms with Crippen molar-refractivity contribution in [3.05, 3.63) is 23.8 Å². The van der Waals surface area contributed by atoms with E-state index < -0.39 is 0 Å². The molecule has 0 bridgehead atoms. The fourth-order valence-electron chi connectivity index (χ4n) is 0.816. The second-order valence-corrected chi connectivity index (χ2v) is 2.45. The number of nitrogens with two attached hydrogens (primary N) is 1. The third-order valence-corrected chi connectivity index (χ3v) is 1.45. The summed E-state index contributed by atoms with van der Waals surface area (Å²) in [6, 6.07) is 4.72. The number of hydrogen-bond acceptors (Lipinski definition) is 3. The maximum absolute atomic E-state index is 9.94. The SMILES string of the molecule is Nc1ccc(C#CCC=O)cc1O. The summed E-state index contributed by atoms with van der Waals surface area (Å²) >= 11 is 0. The van der Waals surface area contributed by atoms with Gasteiger partial charge in [-0.05, 0) is 18.2 Å². The van der Waals surface area contributed by atoms with Crippen molar-refractivity contribution in [1.82, 2.24) is 0 Å². The van der Waals surface area contributed by atoms with Gasteiger partial charge in [-0.2, -0.15) is 0 Å². The Hall–Kier alpha value is -1.95. The van der Waals surface area contributed by atoms with Crippen LogP contribution < -0.4 is 5.73 Å². The minimum absolute atomic E-state index is 0.0119. The molecule has 0 heterocycles. The molecule has 0 radical (unpaired) electrons. The van der Waals surface area contributed by atoms with Crippen molar-refractivity contribution in [1.29, 1.82) is 0 Å². The van der Waals surface area contributed by atoms with Crippen LogP contribution in [-0.2, 0) is 4.79 Å². The number of hydrogen-bond donors (Lipinski definition) is 2. The third-order valence-electron chi connectivity index (χ3n) is 1.45. The van der Waals surface area contributed by atoms with Crippen LogP contribution in [-0.4, -0.2) is 11.4 Å². The fourth-order valence-corrected chi connectivity index (χ4v) is 0.816. The fraction of sp³-hybridized carbons (Fsp3) is 0.100. The predicted molar refractivity (Wildman–Crippen MR) is 50.1 cm³/mol. The molecule has 0 unspecified atom stereocenters. The van der Waals surface area contributed by atoms with Gasteiger partial charge < -0.3 is 15.6 Å². The molecule has 0 fully saturated rings. The summed E-state index contributed by atoms with van der Waals surface area (Å²) in [5.74, 6) is 5.36. The van der Waals surface area contributed by atoms with E-state index in [4.69, 9.17) is 5.73 Å². The Morgan fingerprint density at radius 2 is 2.31 bits per heavy atom. The van der Waals surface area contributed by atoms with Crippen LogP contribution in [0.4, 0.5) is 5.69 Å². The molecule has 0 aliphatic heterocycles. The first-order valence-corrected chi connectivity index (χ1v) is 3.75. The van der Waals surface area contributed by atoms with Crippen LogP contribution in [0.3, 0.4) is 0 Å². The summed E-state index contributed by atoms with van der Waals surface area (Å²) in [5, 5.41) is 9.19. The first-order chi connectivity index (χ1) is 6.24. The highest BCUT2D eigenvalue weighted by atomic mass is 16.3. The van der Waals surface area contributed by atoms with Crippen LogP contribution in [0.15, 0.2) is 18.2 Å². The van der Waals surface area contributed by atoms with Crippen molar-refractivity contribution in [3.8, 4) is 17.6 Å². The molecule has 0 aromatic heterocycles. The minimum atomic E-state index is 0.0119. The van der Waals surface area contributed by atoms with Gasteiger partial charge in [0.15, 0.2) is 0 Å². The minimum Gasteiger partial charge on any atom is -0.506 e. The Morgan fingerprint density at radius 3 is 2.92 bits per heavy atom. The van der Waals surface area contributed by atoms with Crippen molar-refractivity contribution in [2.75, 3.05) is 5.73 Å². The molecule has 1 aromatic carbocycles. The number of aldehydes is 1. The summed E-state index contributed by atoms with van der Waals surface area (Å²) in [7, 11) is 0. The highest BCUT2D eigenvalue weighted by molar-refractivity contribution is 5.58. The molecular formula is C10H9NO2. The standard InChI is InChI=1S/C10H9NO2/c11-9-5-4-8(7-10(9)13)3-1-2-6-12/h4-7,13H,2,11H2. The summed E-state index contributed by atoms with van der Waals surface area (Å²) in [5.41, 5.74) is 6.36. The van der Waals surface area contributed by atoms with E-state index in [1.165, 1.54) is 6.07 Å². The Morgan fingerprint density at radius 1 is 1.54 bits per heavy atom. The number of nitrogen functional groups attached to an aromatic ring is 1. The normalized spacial score (nSPS) is 8.62. The van der Waals surface area contributed by atoms with Crippen molar-refractivity contribution in [2.24, 2.45) is 0 Å². The monoisotopic (exact) mass is 175 g/mol. The molecular weight excluding hydrogens is 166 g/mol. The number of phenolic OH excluding ortho intramolecular Hbond substituents is 1. The van der Waals surface area contributed by atoms with Crippen LogP contribution in [0.5, 0.6) is 5.75 Å². The zero-order valence-electron chi connectivity index (χ0n) is 6.95. The number of carbonyl (C=O) groups excluding carboxylic acids is 1.